The van der Waals surface area contributed by atoms with E-state index in [2.05, 4.69) is 54.4 Å². The molecule has 0 aliphatic carbocycles. The van der Waals surface area contributed by atoms with Crippen molar-refractivity contribution in [1.29, 1.82) is 0 Å². The first-order chi connectivity index (χ1) is 5.52. The van der Waals surface area contributed by atoms with Gasteiger partial charge in [-0.25, -0.2) is 0 Å². The largest absolute Gasteiger partial charge is 0.0955 e. The molecular weight excluding hydrogens is 348 g/mol. The van der Waals surface area contributed by atoms with Crippen molar-refractivity contribution in [3.05, 3.63) is 37.7 Å². The van der Waals surface area contributed by atoms with Gasteiger partial charge in [-0.3, -0.25) is 0 Å². The van der Waals surface area contributed by atoms with E-state index in [-0.39, 0.29) is 0 Å². The molecule has 0 aliphatic heterocycles. The minimum Gasteiger partial charge on any atom is -0.0955 e. The van der Waals surface area contributed by atoms with Gasteiger partial charge in [-0.15, -0.1) is 0 Å². The first kappa shape index (κ1) is 10.5. The summed E-state index contributed by atoms with van der Waals surface area (Å²) >= 11 is 10.4. The molecule has 64 valence electrons. The fourth-order valence-electron chi connectivity index (χ4n) is 0.867. The van der Waals surface area contributed by atoms with Crippen molar-refractivity contribution in [2.24, 2.45) is 0 Å². The first-order valence-corrected chi connectivity index (χ1v) is 5.70. The summed E-state index contributed by atoms with van der Waals surface area (Å²) in [7, 11) is 0. The van der Waals surface area contributed by atoms with E-state index in [1.54, 1.807) is 0 Å². The lowest BCUT2D eigenvalue weighted by molar-refractivity contribution is 1.47. The van der Waals surface area contributed by atoms with Gasteiger partial charge in [-0.05, 0) is 62.1 Å². The van der Waals surface area contributed by atoms with Gasteiger partial charge in [0.05, 0.1) is 0 Å². The molecule has 0 unspecified atom stereocenters. The fraction of sp³-hybridized carbons (Fsp3) is 0.111. The van der Waals surface area contributed by atoms with Crippen molar-refractivity contribution in [3.63, 3.8) is 0 Å². The highest BCUT2D eigenvalue weighted by molar-refractivity contribution is 9.13. The van der Waals surface area contributed by atoms with Gasteiger partial charge < -0.3 is 0 Å². The molecule has 0 nitrogen and oxygen atoms in total. The summed E-state index contributed by atoms with van der Waals surface area (Å²) in [5, 5.41) is 0. The predicted octanol–water partition coefficient (Wildman–Crippen LogP) is 5.01. The van der Waals surface area contributed by atoms with Gasteiger partial charge in [0.1, 0.15) is 0 Å². The standard InChI is InChI=1S/C9H7Br3/c1-5(2)7-3-6(10)4-8(11)9(7)12/h3-4H,1H2,2H3. The van der Waals surface area contributed by atoms with Crippen LogP contribution in [0.5, 0.6) is 0 Å². The van der Waals surface area contributed by atoms with Gasteiger partial charge >= 0.3 is 0 Å². The van der Waals surface area contributed by atoms with Gasteiger partial charge in [0.25, 0.3) is 0 Å². The third-order valence-corrected chi connectivity index (χ3v) is 3.92. The van der Waals surface area contributed by atoms with Gasteiger partial charge in [0.2, 0.25) is 0 Å². The van der Waals surface area contributed by atoms with Crippen molar-refractivity contribution >= 4 is 53.4 Å². The van der Waals surface area contributed by atoms with Crippen LogP contribution in [-0.2, 0) is 0 Å². The van der Waals surface area contributed by atoms with E-state index < -0.39 is 0 Å². The molecule has 3 heteroatoms. The van der Waals surface area contributed by atoms with Gasteiger partial charge in [-0.2, -0.15) is 0 Å². The highest BCUT2D eigenvalue weighted by Gasteiger charge is 2.05. The zero-order valence-corrected chi connectivity index (χ0v) is 11.3. The number of halogens is 3. The molecule has 0 saturated heterocycles. The number of rotatable bonds is 1. The zero-order valence-electron chi connectivity index (χ0n) is 6.50. The summed E-state index contributed by atoms with van der Waals surface area (Å²) in [6.07, 6.45) is 0. The lowest BCUT2D eigenvalue weighted by Crippen LogP contribution is -1.82. The molecule has 0 aliphatic rings. The van der Waals surface area contributed by atoms with E-state index in [0.717, 1.165) is 24.6 Å². The maximum absolute atomic E-state index is 3.90. The van der Waals surface area contributed by atoms with Crippen LogP contribution in [0, 0.1) is 0 Å². The first-order valence-electron chi connectivity index (χ1n) is 3.33. The van der Waals surface area contributed by atoms with Crippen LogP contribution >= 0.6 is 47.8 Å². The predicted molar refractivity (Wildman–Crippen MR) is 64.3 cm³/mol. The molecule has 0 atom stereocenters. The van der Waals surface area contributed by atoms with E-state index in [1.807, 2.05) is 19.1 Å². The Kier molecular flexibility index (Phi) is 3.56. The average molecular weight is 355 g/mol. The van der Waals surface area contributed by atoms with E-state index in [4.69, 9.17) is 0 Å². The summed E-state index contributed by atoms with van der Waals surface area (Å²) in [5.74, 6) is 0. The average Bonchev–Trinajstić information content (AvgIpc) is 1.96. The second kappa shape index (κ2) is 4.07. The highest BCUT2D eigenvalue weighted by atomic mass is 79.9. The van der Waals surface area contributed by atoms with Gasteiger partial charge in [-0.1, -0.05) is 22.5 Å². The molecule has 1 rings (SSSR count). The minimum atomic E-state index is 1.04. The molecule has 1 aromatic carbocycles. The Balaban J connectivity index is 3.37. The molecule has 1 aromatic rings. The Morgan fingerprint density at radius 3 is 2.33 bits per heavy atom. The summed E-state index contributed by atoms with van der Waals surface area (Å²) in [6, 6.07) is 4.04. The molecule has 0 heterocycles. The van der Waals surface area contributed by atoms with Crippen LogP contribution in [0.25, 0.3) is 5.57 Å². The molecule has 0 spiro atoms. The normalized spacial score (nSPS) is 10.0. The maximum atomic E-state index is 3.90. The smallest absolute Gasteiger partial charge is 0.0393 e. The quantitative estimate of drug-likeness (QED) is 0.622. The Morgan fingerprint density at radius 2 is 1.83 bits per heavy atom. The molecule has 0 fully saturated rings. The van der Waals surface area contributed by atoms with Crippen LogP contribution in [0.4, 0.5) is 0 Å². The second-order valence-electron chi connectivity index (χ2n) is 2.53. The molecule has 0 N–H and O–H groups in total. The van der Waals surface area contributed by atoms with Crippen LogP contribution in [0.3, 0.4) is 0 Å². The molecule has 0 radical (unpaired) electrons. The Labute approximate surface area is 97.4 Å². The summed E-state index contributed by atoms with van der Waals surface area (Å²) < 4.78 is 3.14. The minimum absolute atomic E-state index is 1.04. The molecule has 0 amide bonds. The van der Waals surface area contributed by atoms with Crippen molar-refractivity contribution in [2.45, 2.75) is 6.92 Å². The fourth-order valence-corrected chi connectivity index (χ4v) is 2.66. The van der Waals surface area contributed by atoms with Crippen LogP contribution < -0.4 is 0 Å². The lowest BCUT2D eigenvalue weighted by Gasteiger charge is -2.06. The van der Waals surface area contributed by atoms with Crippen molar-refractivity contribution in [3.8, 4) is 0 Å². The number of allylic oxidation sites excluding steroid dienone is 1. The van der Waals surface area contributed by atoms with Crippen molar-refractivity contribution < 1.29 is 0 Å². The lowest BCUT2D eigenvalue weighted by atomic mass is 10.1. The summed E-state index contributed by atoms with van der Waals surface area (Å²) in [5.41, 5.74) is 2.17. The molecule has 0 bridgehead atoms. The van der Waals surface area contributed by atoms with Crippen LogP contribution in [0.2, 0.25) is 0 Å². The highest BCUT2D eigenvalue weighted by Crippen LogP contribution is 2.33. The SMILES string of the molecule is C=C(C)c1cc(Br)cc(Br)c1Br. The number of hydrogen-bond acceptors (Lipinski definition) is 0. The van der Waals surface area contributed by atoms with Crippen molar-refractivity contribution in [1.82, 2.24) is 0 Å². The second-order valence-corrected chi connectivity index (χ2v) is 5.09. The number of hydrogen-bond donors (Lipinski definition) is 0. The topological polar surface area (TPSA) is 0 Å². The van der Waals surface area contributed by atoms with Crippen LogP contribution in [-0.4, -0.2) is 0 Å². The third kappa shape index (κ3) is 2.21. The summed E-state index contributed by atoms with van der Waals surface area (Å²) in [4.78, 5) is 0. The van der Waals surface area contributed by atoms with Crippen molar-refractivity contribution in [2.75, 3.05) is 0 Å². The number of benzene rings is 1. The van der Waals surface area contributed by atoms with E-state index in [0.29, 0.717) is 0 Å². The molecule has 0 saturated carbocycles. The maximum Gasteiger partial charge on any atom is 0.0393 e. The van der Waals surface area contributed by atoms with Gasteiger partial charge in [0, 0.05) is 13.4 Å². The van der Waals surface area contributed by atoms with E-state index in [9.17, 15) is 0 Å². The summed E-state index contributed by atoms with van der Waals surface area (Å²) in [6.45, 7) is 5.88. The molecule has 12 heavy (non-hydrogen) atoms. The van der Waals surface area contributed by atoms with Crippen LogP contribution in [0.15, 0.2) is 32.1 Å². The van der Waals surface area contributed by atoms with Gasteiger partial charge in [0.15, 0.2) is 0 Å². The third-order valence-electron chi connectivity index (χ3n) is 1.45. The Bertz CT molecular complexity index is 329. The Morgan fingerprint density at radius 1 is 1.25 bits per heavy atom. The molecule has 0 aromatic heterocycles. The zero-order chi connectivity index (χ0) is 9.30. The van der Waals surface area contributed by atoms with E-state index in [1.165, 1.54) is 0 Å². The Hall–Kier alpha value is 0.400. The molecular formula is C9H7Br3. The van der Waals surface area contributed by atoms with E-state index >= 15 is 0 Å². The monoisotopic (exact) mass is 352 g/mol. The van der Waals surface area contributed by atoms with Crippen LogP contribution in [0.1, 0.15) is 12.5 Å².